The van der Waals surface area contributed by atoms with E-state index in [2.05, 4.69) is 16.8 Å². The van der Waals surface area contributed by atoms with Gasteiger partial charge in [0.2, 0.25) is 0 Å². The Morgan fingerprint density at radius 1 is 1.46 bits per heavy atom. The van der Waals surface area contributed by atoms with Crippen molar-refractivity contribution in [1.29, 1.82) is 0 Å². The highest BCUT2D eigenvalue weighted by Crippen LogP contribution is 2.22. The maximum atomic E-state index is 11.8. The van der Waals surface area contributed by atoms with E-state index in [-0.39, 0.29) is 5.01 Å². The smallest absolute Gasteiger partial charge is 0.277 e. The lowest BCUT2D eigenvalue weighted by Gasteiger charge is -2.15. The Labute approximate surface area is 143 Å². The molecule has 0 saturated heterocycles. The van der Waals surface area contributed by atoms with Gasteiger partial charge in [-0.25, -0.2) is 4.98 Å². The van der Waals surface area contributed by atoms with E-state index in [9.17, 15) is 14.7 Å². The van der Waals surface area contributed by atoms with Crippen molar-refractivity contribution >= 4 is 23.2 Å². The minimum Gasteiger partial charge on any atom is -0.372 e. The summed E-state index contributed by atoms with van der Waals surface area (Å²) < 4.78 is 0. The largest absolute Gasteiger partial charge is 0.372 e. The Kier molecular flexibility index (Phi) is 5.68. The standard InChI is InChI=1S/C17H17N3O3S/c1-3-20(2)17(23)14(21)8-7-11-5-4-6-12(9-11)13-10-24-16(19-13)15(18)22/h4-6,9-10,14,21H,3H2,1-2H3,(H2,18,22)/t14-/m1/s1. The van der Waals surface area contributed by atoms with E-state index in [1.165, 1.54) is 16.2 Å². The molecule has 0 aliphatic heterocycles. The molecular weight excluding hydrogens is 326 g/mol. The molecule has 0 bridgehead atoms. The summed E-state index contributed by atoms with van der Waals surface area (Å²) in [5.41, 5.74) is 7.23. The number of rotatable bonds is 4. The molecule has 3 N–H and O–H groups in total. The molecule has 7 heteroatoms. The van der Waals surface area contributed by atoms with Crippen LogP contribution < -0.4 is 5.73 Å². The van der Waals surface area contributed by atoms with Gasteiger partial charge in [0, 0.05) is 30.1 Å². The predicted molar refractivity (Wildman–Crippen MR) is 92.3 cm³/mol. The van der Waals surface area contributed by atoms with Crippen molar-refractivity contribution < 1.29 is 14.7 Å². The van der Waals surface area contributed by atoms with Crippen molar-refractivity contribution in [3.05, 3.63) is 40.2 Å². The highest BCUT2D eigenvalue weighted by Gasteiger charge is 2.15. The fourth-order valence-corrected chi connectivity index (χ4v) is 2.53. The van der Waals surface area contributed by atoms with Crippen molar-refractivity contribution in [2.45, 2.75) is 13.0 Å². The molecule has 2 aromatic rings. The molecule has 1 atom stereocenters. The number of primary amides is 1. The van der Waals surface area contributed by atoms with E-state index in [1.54, 1.807) is 30.6 Å². The van der Waals surface area contributed by atoms with E-state index < -0.39 is 17.9 Å². The first-order valence-electron chi connectivity index (χ1n) is 7.22. The summed E-state index contributed by atoms with van der Waals surface area (Å²) in [5, 5.41) is 11.8. The zero-order chi connectivity index (χ0) is 17.7. The Morgan fingerprint density at radius 2 is 2.21 bits per heavy atom. The minimum absolute atomic E-state index is 0.241. The van der Waals surface area contributed by atoms with E-state index in [0.29, 0.717) is 17.8 Å². The van der Waals surface area contributed by atoms with Gasteiger partial charge in [-0.2, -0.15) is 0 Å². The third kappa shape index (κ3) is 4.19. The molecule has 0 fully saturated rings. The molecule has 0 spiro atoms. The average Bonchev–Trinajstić information content (AvgIpc) is 3.09. The van der Waals surface area contributed by atoms with Gasteiger partial charge in [0.25, 0.3) is 11.8 Å². The summed E-state index contributed by atoms with van der Waals surface area (Å²) in [6.45, 7) is 2.31. The molecule has 0 aliphatic carbocycles. The Bertz CT molecular complexity index is 820. The van der Waals surface area contributed by atoms with Gasteiger partial charge in [-0.05, 0) is 19.1 Å². The number of amides is 2. The van der Waals surface area contributed by atoms with Gasteiger partial charge in [-0.3, -0.25) is 9.59 Å². The van der Waals surface area contributed by atoms with Crippen LogP contribution in [0, 0.1) is 11.8 Å². The number of carbonyl (C=O) groups excluding carboxylic acids is 2. The molecular formula is C17H17N3O3S. The first-order chi connectivity index (χ1) is 11.4. The van der Waals surface area contributed by atoms with Crippen LogP contribution in [0.4, 0.5) is 0 Å². The van der Waals surface area contributed by atoms with Crippen molar-refractivity contribution in [1.82, 2.24) is 9.88 Å². The van der Waals surface area contributed by atoms with Crippen LogP contribution in [0.1, 0.15) is 22.3 Å². The number of carbonyl (C=O) groups is 2. The number of aliphatic hydroxyl groups excluding tert-OH is 1. The van der Waals surface area contributed by atoms with E-state index in [0.717, 1.165) is 5.56 Å². The summed E-state index contributed by atoms with van der Waals surface area (Å²) >= 11 is 1.17. The predicted octanol–water partition coefficient (Wildman–Crippen LogP) is 1.10. The number of nitrogens with two attached hydrogens (primary N) is 1. The molecule has 2 amide bonds. The van der Waals surface area contributed by atoms with Gasteiger partial charge in [-0.1, -0.05) is 24.0 Å². The number of hydrogen-bond donors (Lipinski definition) is 2. The molecule has 1 heterocycles. The zero-order valence-corrected chi connectivity index (χ0v) is 14.1. The third-order valence-corrected chi connectivity index (χ3v) is 4.17. The van der Waals surface area contributed by atoms with Crippen LogP contribution in [0.15, 0.2) is 29.6 Å². The van der Waals surface area contributed by atoms with E-state index >= 15 is 0 Å². The highest BCUT2D eigenvalue weighted by atomic mass is 32.1. The molecule has 124 valence electrons. The van der Waals surface area contributed by atoms with Gasteiger partial charge in [0.05, 0.1) is 5.69 Å². The monoisotopic (exact) mass is 343 g/mol. The SMILES string of the molecule is CCN(C)C(=O)[C@H](O)C#Cc1cccc(-c2csc(C(N)=O)n2)c1. The van der Waals surface area contributed by atoms with Gasteiger partial charge >= 0.3 is 0 Å². The van der Waals surface area contributed by atoms with Crippen LogP contribution in [-0.4, -0.2) is 46.5 Å². The Hall–Kier alpha value is -2.69. The summed E-state index contributed by atoms with van der Waals surface area (Å²) in [4.78, 5) is 28.5. The topological polar surface area (TPSA) is 96.5 Å². The first kappa shape index (κ1) is 17.7. The van der Waals surface area contributed by atoms with Crippen LogP contribution in [0.2, 0.25) is 0 Å². The van der Waals surface area contributed by atoms with E-state index in [1.807, 2.05) is 13.0 Å². The molecule has 1 aromatic heterocycles. The number of nitrogens with zero attached hydrogens (tertiary/aromatic N) is 2. The lowest BCUT2D eigenvalue weighted by molar-refractivity contribution is -0.135. The lowest BCUT2D eigenvalue weighted by Crippen LogP contribution is -2.35. The number of thiazole rings is 1. The van der Waals surface area contributed by atoms with Gasteiger partial charge < -0.3 is 15.7 Å². The fourth-order valence-electron chi connectivity index (χ4n) is 1.85. The van der Waals surface area contributed by atoms with Gasteiger partial charge in [0.1, 0.15) is 0 Å². The van der Waals surface area contributed by atoms with Crippen LogP contribution in [0.25, 0.3) is 11.3 Å². The average molecular weight is 343 g/mol. The van der Waals surface area contributed by atoms with Crippen molar-refractivity contribution in [3.63, 3.8) is 0 Å². The number of aliphatic hydroxyl groups is 1. The quantitative estimate of drug-likeness (QED) is 0.813. The molecule has 0 aliphatic rings. The summed E-state index contributed by atoms with van der Waals surface area (Å²) in [6.07, 6.45) is -1.36. The Balaban J connectivity index is 2.20. The second kappa shape index (κ2) is 7.73. The Morgan fingerprint density at radius 3 is 2.83 bits per heavy atom. The molecule has 1 aromatic carbocycles. The van der Waals surface area contributed by atoms with Crippen LogP contribution >= 0.6 is 11.3 Å². The van der Waals surface area contributed by atoms with Crippen molar-refractivity contribution in [3.8, 4) is 23.1 Å². The third-order valence-electron chi connectivity index (χ3n) is 3.31. The molecule has 2 rings (SSSR count). The second-order valence-electron chi connectivity index (χ2n) is 5.01. The number of likely N-dealkylation sites (N-methyl/N-ethyl adjacent to an activating group) is 1. The van der Waals surface area contributed by atoms with Crippen LogP contribution in [-0.2, 0) is 4.79 Å². The summed E-state index contributed by atoms with van der Waals surface area (Å²) in [5.74, 6) is 4.31. The summed E-state index contributed by atoms with van der Waals surface area (Å²) in [7, 11) is 1.60. The molecule has 0 unspecified atom stereocenters. The van der Waals surface area contributed by atoms with Gasteiger partial charge in [0.15, 0.2) is 11.1 Å². The second-order valence-corrected chi connectivity index (χ2v) is 5.87. The maximum Gasteiger partial charge on any atom is 0.277 e. The van der Waals surface area contributed by atoms with Crippen molar-refractivity contribution in [2.24, 2.45) is 5.73 Å². The number of aromatic nitrogens is 1. The number of benzene rings is 1. The van der Waals surface area contributed by atoms with Crippen LogP contribution in [0.3, 0.4) is 0 Å². The van der Waals surface area contributed by atoms with Crippen molar-refractivity contribution in [2.75, 3.05) is 13.6 Å². The maximum absolute atomic E-state index is 11.8. The number of hydrogen-bond acceptors (Lipinski definition) is 5. The summed E-state index contributed by atoms with van der Waals surface area (Å²) in [6, 6.07) is 7.15. The fraction of sp³-hybridized carbons (Fsp3) is 0.235. The first-order valence-corrected chi connectivity index (χ1v) is 8.10. The highest BCUT2D eigenvalue weighted by molar-refractivity contribution is 7.12. The lowest BCUT2D eigenvalue weighted by atomic mass is 10.1. The van der Waals surface area contributed by atoms with Crippen LogP contribution in [0.5, 0.6) is 0 Å². The zero-order valence-electron chi connectivity index (χ0n) is 13.3. The molecule has 0 saturated carbocycles. The molecule has 24 heavy (non-hydrogen) atoms. The van der Waals surface area contributed by atoms with E-state index in [4.69, 9.17) is 5.73 Å². The van der Waals surface area contributed by atoms with Gasteiger partial charge in [-0.15, -0.1) is 11.3 Å². The molecule has 6 nitrogen and oxygen atoms in total. The minimum atomic E-state index is -1.36. The normalized spacial score (nSPS) is 11.3. The molecule has 0 radical (unpaired) electrons.